The smallest absolute Gasteiger partial charge is 0.220 e. The number of amides is 2. The average molecular weight is 370 g/mol. The summed E-state index contributed by atoms with van der Waals surface area (Å²) in [5.74, 6) is 1.71. The number of rotatable bonds is 9. The lowest BCUT2D eigenvalue weighted by molar-refractivity contribution is -0.122. The molecule has 0 radical (unpaired) electrons. The first-order valence-electron chi connectivity index (χ1n) is 9.32. The van der Waals surface area contributed by atoms with Crippen LogP contribution in [0.4, 0.5) is 0 Å². The highest BCUT2D eigenvalue weighted by molar-refractivity contribution is 5.80. The van der Waals surface area contributed by atoms with E-state index in [4.69, 9.17) is 9.15 Å². The number of hydrogen-bond acceptors (Lipinski definition) is 4. The molecule has 0 bridgehead atoms. The maximum Gasteiger partial charge on any atom is 0.220 e. The van der Waals surface area contributed by atoms with Gasteiger partial charge in [0.05, 0.1) is 13.4 Å². The van der Waals surface area contributed by atoms with E-state index in [0.717, 1.165) is 23.5 Å². The molecule has 0 unspecified atom stereocenters. The third-order valence-corrected chi connectivity index (χ3v) is 5.04. The lowest BCUT2D eigenvalue weighted by atomic mass is 9.85. The summed E-state index contributed by atoms with van der Waals surface area (Å²) in [7, 11) is 1.64. The van der Waals surface area contributed by atoms with Crippen LogP contribution in [0.25, 0.3) is 0 Å². The van der Waals surface area contributed by atoms with Crippen molar-refractivity contribution in [2.24, 2.45) is 0 Å². The Kier molecular flexibility index (Phi) is 6.16. The zero-order valence-electron chi connectivity index (χ0n) is 15.6. The summed E-state index contributed by atoms with van der Waals surface area (Å²) in [5.41, 5.74) is 0.764. The summed E-state index contributed by atoms with van der Waals surface area (Å²) in [6.07, 6.45) is 5.28. The maximum atomic E-state index is 12.2. The van der Waals surface area contributed by atoms with Crippen molar-refractivity contribution in [3.8, 4) is 5.75 Å². The van der Waals surface area contributed by atoms with Gasteiger partial charge in [0.2, 0.25) is 11.8 Å². The quantitative estimate of drug-likeness (QED) is 0.711. The van der Waals surface area contributed by atoms with Crippen LogP contribution >= 0.6 is 0 Å². The van der Waals surface area contributed by atoms with Gasteiger partial charge >= 0.3 is 0 Å². The fourth-order valence-electron chi connectivity index (χ4n) is 3.54. The first kappa shape index (κ1) is 19.0. The van der Waals surface area contributed by atoms with E-state index < -0.39 is 0 Å². The van der Waals surface area contributed by atoms with Crippen molar-refractivity contribution >= 4 is 11.8 Å². The third-order valence-electron chi connectivity index (χ3n) is 5.04. The summed E-state index contributed by atoms with van der Waals surface area (Å²) < 4.78 is 10.5. The molecule has 1 aliphatic rings. The minimum atomic E-state index is -0.357. The van der Waals surface area contributed by atoms with Crippen molar-refractivity contribution in [2.75, 3.05) is 13.7 Å². The molecule has 1 aromatic heterocycles. The van der Waals surface area contributed by atoms with E-state index in [1.807, 2.05) is 36.4 Å². The summed E-state index contributed by atoms with van der Waals surface area (Å²) in [5, 5.41) is 6.04. The molecule has 0 saturated carbocycles. The number of hydrogen-bond donors (Lipinski definition) is 2. The molecule has 1 saturated heterocycles. The normalized spacial score (nSPS) is 18.9. The van der Waals surface area contributed by atoms with Crippen molar-refractivity contribution in [1.29, 1.82) is 0 Å². The second-order valence-electron chi connectivity index (χ2n) is 7.03. The first-order chi connectivity index (χ1) is 13.1. The molecule has 6 nitrogen and oxygen atoms in total. The zero-order chi connectivity index (χ0) is 19.1. The molecule has 6 heteroatoms. The van der Waals surface area contributed by atoms with Crippen LogP contribution in [0, 0.1) is 0 Å². The molecule has 1 fully saturated rings. The van der Waals surface area contributed by atoms with Crippen LogP contribution in [0.2, 0.25) is 0 Å². The van der Waals surface area contributed by atoms with Gasteiger partial charge in [-0.1, -0.05) is 12.1 Å². The van der Waals surface area contributed by atoms with E-state index in [9.17, 15) is 9.59 Å². The first-order valence-corrected chi connectivity index (χ1v) is 9.32. The monoisotopic (exact) mass is 370 g/mol. The number of carbonyl (C=O) groups is 2. The Balaban J connectivity index is 1.52. The van der Waals surface area contributed by atoms with Crippen molar-refractivity contribution < 1.29 is 18.7 Å². The molecule has 0 aliphatic carbocycles. The predicted molar refractivity (Wildman–Crippen MR) is 101 cm³/mol. The third kappa shape index (κ3) is 5.36. The van der Waals surface area contributed by atoms with Crippen LogP contribution in [0.5, 0.6) is 5.75 Å². The molecule has 144 valence electrons. The van der Waals surface area contributed by atoms with Crippen molar-refractivity contribution in [3.63, 3.8) is 0 Å². The molecule has 2 N–H and O–H groups in total. The minimum absolute atomic E-state index is 0.00295. The number of methoxy groups -OCH3 is 1. The van der Waals surface area contributed by atoms with Crippen molar-refractivity contribution in [2.45, 2.75) is 44.1 Å². The van der Waals surface area contributed by atoms with Gasteiger partial charge in [-0.15, -0.1) is 0 Å². The van der Waals surface area contributed by atoms with Gasteiger partial charge < -0.3 is 19.8 Å². The van der Waals surface area contributed by atoms with Crippen LogP contribution in [-0.2, 0) is 22.4 Å². The average Bonchev–Trinajstić information content (AvgIpc) is 3.31. The van der Waals surface area contributed by atoms with Crippen molar-refractivity contribution in [1.82, 2.24) is 10.6 Å². The van der Waals surface area contributed by atoms with E-state index in [0.29, 0.717) is 38.6 Å². The van der Waals surface area contributed by atoms with E-state index in [2.05, 4.69) is 10.6 Å². The molecule has 27 heavy (non-hydrogen) atoms. The highest BCUT2D eigenvalue weighted by atomic mass is 16.5. The van der Waals surface area contributed by atoms with Crippen LogP contribution in [-0.4, -0.2) is 31.0 Å². The maximum absolute atomic E-state index is 12.2. The summed E-state index contributed by atoms with van der Waals surface area (Å²) in [6, 6.07) is 11.6. The zero-order valence-corrected chi connectivity index (χ0v) is 15.6. The second kappa shape index (κ2) is 8.75. The highest BCUT2D eigenvalue weighted by Gasteiger charge is 2.37. The SMILES string of the molecule is COc1ccc(C[C@@]2(CCC(=O)NCCc3ccco3)CCC(=O)N2)cc1. The Morgan fingerprint density at radius 2 is 2.11 bits per heavy atom. The Morgan fingerprint density at radius 1 is 1.30 bits per heavy atom. The molecular formula is C21H26N2O4. The Hall–Kier alpha value is -2.76. The number of nitrogens with one attached hydrogen (secondary N) is 2. The van der Waals surface area contributed by atoms with Crippen LogP contribution < -0.4 is 15.4 Å². The number of benzene rings is 1. The van der Waals surface area contributed by atoms with E-state index in [1.54, 1.807) is 13.4 Å². The summed E-state index contributed by atoms with van der Waals surface area (Å²) in [6.45, 7) is 0.546. The molecule has 1 atom stereocenters. The van der Waals surface area contributed by atoms with E-state index in [1.165, 1.54) is 0 Å². The number of ether oxygens (including phenoxy) is 1. The summed E-state index contributed by atoms with van der Waals surface area (Å²) >= 11 is 0. The minimum Gasteiger partial charge on any atom is -0.497 e. The van der Waals surface area contributed by atoms with E-state index >= 15 is 0 Å². The molecule has 2 heterocycles. The molecule has 1 aromatic carbocycles. The Morgan fingerprint density at radius 3 is 2.74 bits per heavy atom. The van der Waals surface area contributed by atoms with Gasteiger partial charge in [-0.3, -0.25) is 9.59 Å². The second-order valence-corrected chi connectivity index (χ2v) is 7.03. The Labute approximate surface area is 159 Å². The van der Waals surface area contributed by atoms with Crippen LogP contribution in [0.15, 0.2) is 47.1 Å². The standard InChI is InChI=1S/C21H26N2O4/c1-26-17-6-4-16(5-7-17)15-21(12-9-20(25)23-21)11-8-19(24)22-13-10-18-3-2-14-27-18/h2-7,14H,8-13,15H2,1H3,(H,22,24)(H,23,25)/t21-/m1/s1. The van der Waals surface area contributed by atoms with Gasteiger partial charge in [-0.05, 0) is 49.1 Å². The predicted octanol–water partition coefficient (Wildman–Crippen LogP) is 2.62. The van der Waals surface area contributed by atoms with Crippen LogP contribution in [0.3, 0.4) is 0 Å². The van der Waals surface area contributed by atoms with E-state index in [-0.39, 0.29) is 17.4 Å². The van der Waals surface area contributed by atoms with Gasteiger partial charge in [-0.25, -0.2) is 0 Å². The molecule has 0 spiro atoms. The van der Waals surface area contributed by atoms with Gasteiger partial charge in [0.1, 0.15) is 11.5 Å². The molecule has 3 rings (SSSR count). The molecule has 2 amide bonds. The Bertz CT molecular complexity index is 755. The highest BCUT2D eigenvalue weighted by Crippen LogP contribution is 2.30. The fraction of sp³-hybridized carbons (Fsp3) is 0.429. The largest absolute Gasteiger partial charge is 0.497 e. The topological polar surface area (TPSA) is 80.6 Å². The molecular weight excluding hydrogens is 344 g/mol. The number of furan rings is 1. The van der Waals surface area contributed by atoms with Gasteiger partial charge in [-0.2, -0.15) is 0 Å². The van der Waals surface area contributed by atoms with Gasteiger partial charge in [0, 0.05) is 31.3 Å². The molecule has 2 aromatic rings. The lowest BCUT2D eigenvalue weighted by Crippen LogP contribution is -2.44. The van der Waals surface area contributed by atoms with Crippen molar-refractivity contribution in [3.05, 3.63) is 54.0 Å². The van der Waals surface area contributed by atoms with Gasteiger partial charge in [0.25, 0.3) is 0 Å². The molecule has 1 aliphatic heterocycles. The van der Waals surface area contributed by atoms with Gasteiger partial charge in [0.15, 0.2) is 0 Å². The lowest BCUT2D eigenvalue weighted by Gasteiger charge is -2.29. The number of carbonyl (C=O) groups excluding carboxylic acids is 2. The van der Waals surface area contributed by atoms with Crippen LogP contribution in [0.1, 0.15) is 37.0 Å². The summed E-state index contributed by atoms with van der Waals surface area (Å²) in [4.78, 5) is 24.1. The fourth-order valence-corrected chi connectivity index (χ4v) is 3.54.